The summed E-state index contributed by atoms with van der Waals surface area (Å²) in [4.78, 5) is 0. The average molecular weight is 197 g/mol. The summed E-state index contributed by atoms with van der Waals surface area (Å²) in [6.45, 7) is 5.78. The van der Waals surface area contributed by atoms with Gasteiger partial charge in [-0.25, -0.2) is 0 Å². The fourth-order valence-electron chi connectivity index (χ4n) is 1.65. The molecule has 2 rings (SSSR count). The molecule has 0 bridgehead atoms. The first-order valence-corrected chi connectivity index (χ1v) is 4.75. The average Bonchev–Trinajstić information content (AvgIpc) is 2.51. The third kappa shape index (κ3) is 1.37. The first-order chi connectivity index (χ1) is 6.50. The fourth-order valence-corrected chi connectivity index (χ4v) is 1.65. The molecule has 0 aromatic carbocycles. The topological polar surface area (TPSA) is 71.2 Å². The minimum atomic E-state index is -0.246. The molecule has 1 aromatic heterocycles. The number of aryl methyl sites for hydroxylation is 1. The maximum absolute atomic E-state index is 9.52. The first-order valence-electron chi connectivity index (χ1n) is 4.75. The van der Waals surface area contributed by atoms with E-state index in [1.807, 2.05) is 13.8 Å². The minimum Gasteiger partial charge on any atom is -0.408 e. The van der Waals surface area contributed by atoms with E-state index in [1.165, 1.54) is 0 Å². The second-order valence-electron chi connectivity index (χ2n) is 4.40. The molecular formula is C9H15N3O2. The Morgan fingerprint density at radius 2 is 2.21 bits per heavy atom. The molecule has 14 heavy (non-hydrogen) atoms. The molecule has 2 unspecified atom stereocenters. The highest BCUT2D eigenvalue weighted by Gasteiger charge is 2.47. The fraction of sp³-hybridized carbons (Fsp3) is 0.778. The van der Waals surface area contributed by atoms with E-state index in [0.29, 0.717) is 11.9 Å². The normalized spacial score (nSPS) is 29.7. The van der Waals surface area contributed by atoms with Gasteiger partial charge in [-0.1, -0.05) is 18.9 Å². The number of aliphatic hydroxyl groups excluding tert-OH is 1. The van der Waals surface area contributed by atoms with Crippen LogP contribution in [0.1, 0.15) is 26.2 Å². The summed E-state index contributed by atoms with van der Waals surface area (Å²) in [5.74, 6) is 0.546. The van der Waals surface area contributed by atoms with Crippen molar-refractivity contribution in [2.45, 2.75) is 39.3 Å². The Morgan fingerprint density at radius 1 is 1.50 bits per heavy atom. The Hall–Kier alpha value is -1.10. The van der Waals surface area contributed by atoms with Crippen LogP contribution in [0.15, 0.2) is 4.42 Å². The van der Waals surface area contributed by atoms with Gasteiger partial charge in [0.25, 0.3) is 0 Å². The standard InChI is InChI=1S/C9H15N3O2/c1-5-11-12-8(14-5)10-6-4-7(13)9(6,2)3/h6-7,13H,4H2,1-3H3,(H,10,12). The van der Waals surface area contributed by atoms with Gasteiger partial charge in [0.1, 0.15) is 0 Å². The number of hydrogen-bond acceptors (Lipinski definition) is 5. The van der Waals surface area contributed by atoms with Crippen LogP contribution in [0, 0.1) is 12.3 Å². The summed E-state index contributed by atoms with van der Waals surface area (Å²) < 4.78 is 5.20. The van der Waals surface area contributed by atoms with Gasteiger partial charge in [0, 0.05) is 18.4 Å². The zero-order chi connectivity index (χ0) is 10.3. The molecule has 0 radical (unpaired) electrons. The Morgan fingerprint density at radius 3 is 2.64 bits per heavy atom. The van der Waals surface area contributed by atoms with Crippen molar-refractivity contribution in [2.75, 3.05) is 5.32 Å². The molecule has 78 valence electrons. The second kappa shape index (κ2) is 2.95. The molecule has 2 N–H and O–H groups in total. The Balaban J connectivity index is 2.00. The molecule has 1 aliphatic rings. The van der Waals surface area contributed by atoms with Crippen LogP contribution in [0.2, 0.25) is 0 Å². The number of nitrogens with one attached hydrogen (secondary N) is 1. The van der Waals surface area contributed by atoms with E-state index in [-0.39, 0.29) is 17.6 Å². The summed E-state index contributed by atoms with van der Waals surface area (Å²) in [5.41, 5.74) is -0.123. The molecule has 0 saturated heterocycles. The quantitative estimate of drug-likeness (QED) is 0.738. The van der Waals surface area contributed by atoms with Crippen LogP contribution >= 0.6 is 0 Å². The van der Waals surface area contributed by atoms with Crippen molar-refractivity contribution in [1.82, 2.24) is 10.2 Å². The SMILES string of the molecule is Cc1nnc(NC2CC(O)C2(C)C)o1. The Bertz CT molecular complexity index is 335. The lowest BCUT2D eigenvalue weighted by molar-refractivity contribution is -0.0517. The predicted octanol–water partition coefficient (Wildman–Crippen LogP) is 0.949. The lowest BCUT2D eigenvalue weighted by Gasteiger charge is -2.48. The van der Waals surface area contributed by atoms with Gasteiger partial charge in [0.15, 0.2) is 0 Å². The minimum absolute atomic E-state index is 0.123. The third-order valence-corrected chi connectivity index (χ3v) is 3.04. The molecule has 1 heterocycles. The van der Waals surface area contributed by atoms with Gasteiger partial charge in [0.05, 0.1) is 6.10 Å². The van der Waals surface area contributed by atoms with E-state index >= 15 is 0 Å². The van der Waals surface area contributed by atoms with Crippen molar-refractivity contribution in [3.05, 3.63) is 5.89 Å². The molecule has 1 saturated carbocycles. The second-order valence-corrected chi connectivity index (χ2v) is 4.40. The van der Waals surface area contributed by atoms with E-state index in [2.05, 4.69) is 15.5 Å². The monoisotopic (exact) mass is 197 g/mol. The molecule has 5 nitrogen and oxygen atoms in total. The number of anilines is 1. The van der Waals surface area contributed by atoms with Gasteiger partial charge < -0.3 is 14.8 Å². The Kier molecular flexibility index (Phi) is 1.99. The van der Waals surface area contributed by atoms with E-state index in [9.17, 15) is 5.11 Å². The zero-order valence-electron chi connectivity index (χ0n) is 8.61. The summed E-state index contributed by atoms with van der Waals surface area (Å²) in [6.07, 6.45) is 0.484. The molecule has 1 fully saturated rings. The first kappa shape index (κ1) is 9.45. The van der Waals surface area contributed by atoms with Gasteiger partial charge in [-0.05, 0) is 6.42 Å². The van der Waals surface area contributed by atoms with Crippen LogP contribution in [0.5, 0.6) is 0 Å². The van der Waals surface area contributed by atoms with Crippen LogP contribution in [0.4, 0.5) is 6.01 Å². The largest absolute Gasteiger partial charge is 0.408 e. The summed E-state index contributed by atoms with van der Waals surface area (Å²) in [5, 5.41) is 20.2. The number of rotatable bonds is 2. The van der Waals surface area contributed by atoms with Crippen LogP contribution in [0.3, 0.4) is 0 Å². The lowest BCUT2D eigenvalue weighted by atomic mass is 9.65. The van der Waals surface area contributed by atoms with Crippen molar-refractivity contribution in [3.63, 3.8) is 0 Å². The summed E-state index contributed by atoms with van der Waals surface area (Å²) in [6, 6.07) is 0.643. The highest BCUT2D eigenvalue weighted by atomic mass is 16.4. The molecule has 0 amide bonds. The van der Waals surface area contributed by atoms with Crippen LogP contribution in [0.25, 0.3) is 0 Å². The van der Waals surface area contributed by atoms with E-state index < -0.39 is 0 Å². The third-order valence-electron chi connectivity index (χ3n) is 3.04. The van der Waals surface area contributed by atoms with Gasteiger partial charge >= 0.3 is 6.01 Å². The van der Waals surface area contributed by atoms with Crippen molar-refractivity contribution in [1.29, 1.82) is 0 Å². The van der Waals surface area contributed by atoms with Crippen LogP contribution in [-0.2, 0) is 0 Å². The molecule has 5 heteroatoms. The van der Waals surface area contributed by atoms with Gasteiger partial charge in [-0.3, -0.25) is 0 Å². The molecule has 1 aromatic rings. The predicted molar refractivity (Wildman–Crippen MR) is 50.9 cm³/mol. The summed E-state index contributed by atoms with van der Waals surface area (Å²) >= 11 is 0. The van der Waals surface area contributed by atoms with E-state index in [4.69, 9.17) is 4.42 Å². The highest BCUT2D eigenvalue weighted by Crippen LogP contribution is 2.41. The number of hydrogen-bond donors (Lipinski definition) is 2. The van der Waals surface area contributed by atoms with Gasteiger partial charge in [-0.2, -0.15) is 0 Å². The molecule has 0 spiro atoms. The summed E-state index contributed by atoms with van der Waals surface area (Å²) in [7, 11) is 0. The molecule has 2 atom stereocenters. The van der Waals surface area contributed by atoms with Crippen LogP contribution < -0.4 is 5.32 Å². The molecule has 0 aliphatic heterocycles. The van der Waals surface area contributed by atoms with Crippen molar-refractivity contribution in [3.8, 4) is 0 Å². The van der Waals surface area contributed by atoms with Crippen molar-refractivity contribution in [2.24, 2.45) is 5.41 Å². The van der Waals surface area contributed by atoms with Gasteiger partial charge in [0.2, 0.25) is 5.89 Å². The number of aliphatic hydroxyl groups is 1. The maximum Gasteiger partial charge on any atom is 0.315 e. The zero-order valence-corrected chi connectivity index (χ0v) is 8.61. The highest BCUT2D eigenvalue weighted by molar-refractivity contribution is 5.25. The molecule has 1 aliphatic carbocycles. The van der Waals surface area contributed by atoms with E-state index in [1.54, 1.807) is 6.92 Å². The number of aromatic nitrogens is 2. The van der Waals surface area contributed by atoms with Crippen molar-refractivity contribution < 1.29 is 9.52 Å². The van der Waals surface area contributed by atoms with Crippen LogP contribution in [-0.4, -0.2) is 27.4 Å². The Labute approximate surface area is 82.5 Å². The smallest absolute Gasteiger partial charge is 0.315 e. The van der Waals surface area contributed by atoms with Gasteiger partial charge in [-0.15, -0.1) is 5.10 Å². The maximum atomic E-state index is 9.52. The van der Waals surface area contributed by atoms with Crippen molar-refractivity contribution >= 4 is 6.01 Å². The lowest BCUT2D eigenvalue weighted by Crippen LogP contribution is -2.56. The molecular weight excluding hydrogens is 182 g/mol. The van der Waals surface area contributed by atoms with E-state index in [0.717, 1.165) is 6.42 Å². The number of nitrogens with zero attached hydrogens (tertiary/aromatic N) is 2.